The molecule has 0 aliphatic carbocycles. The first kappa shape index (κ1) is 12.0. The topological polar surface area (TPSA) is 17.0 Å². The van der Waals surface area contributed by atoms with Crippen LogP contribution in [0.1, 0.15) is 24.1 Å². The molecule has 2 aromatic carbocycles. The Kier molecular flexibility index (Phi) is 2.17. The van der Waals surface area contributed by atoms with Crippen LogP contribution in [0.25, 0.3) is 33.2 Å². The van der Waals surface area contributed by atoms with E-state index in [1.165, 1.54) is 33.2 Å². The van der Waals surface area contributed by atoms with Crippen LogP contribution in [0, 0.1) is 6.92 Å². The third-order valence-corrected chi connectivity index (χ3v) is 4.91. The zero-order valence-corrected chi connectivity index (χ0v) is 12.6. The third-order valence-electron chi connectivity index (χ3n) is 4.91. The maximum atomic E-state index is 6.32. The summed E-state index contributed by atoms with van der Waals surface area (Å²) in [5.41, 5.74) is 7.05. The Morgan fingerprint density at radius 1 is 0.909 bits per heavy atom. The van der Waals surface area contributed by atoms with Gasteiger partial charge in [-0.1, -0.05) is 24.3 Å². The van der Waals surface area contributed by atoms with E-state index in [2.05, 4.69) is 73.1 Å². The van der Waals surface area contributed by atoms with Crippen molar-refractivity contribution in [3.8, 4) is 11.3 Å². The third kappa shape index (κ3) is 1.32. The summed E-state index contributed by atoms with van der Waals surface area (Å²) < 4.78 is 8.64. The van der Waals surface area contributed by atoms with Gasteiger partial charge in [0.25, 0.3) is 0 Å². The van der Waals surface area contributed by atoms with Crippen LogP contribution in [-0.4, -0.2) is 0 Å². The largest absolute Gasteiger partial charge is 0.455 e. The smallest absolute Gasteiger partial charge is 0.217 e. The van der Waals surface area contributed by atoms with Crippen LogP contribution < -0.4 is 4.57 Å². The predicted octanol–water partition coefficient (Wildman–Crippen LogP) is 4.77. The summed E-state index contributed by atoms with van der Waals surface area (Å²) in [6.45, 7) is 4.35. The molecule has 1 aliphatic rings. The van der Waals surface area contributed by atoms with Gasteiger partial charge in [-0.2, -0.15) is 4.57 Å². The van der Waals surface area contributed by atoms with Crippen molar-refractivity contribution in [2.45, 2.75) is 19.9 Å². The highest BCUT2D eigenvalue weighted by atomic mass is 16.3. The molecular weight excluding hydrogens is 270 g/mol. The minimum absolute atomic E-state index is 0.352. The van der Waals surface area contributed by atoms with Crippen LogP contribution in [0.15, 0.2) is 59.1 Å². The van der Waals surface area contributed by atoms with Crippen LogP contribution >= 0.6 is 0 Å². The van der Waals surface area contributed by atoms with Crippen molar-refractivity contribution in [1.82, 2.24) is 0 Å². The molecule has 0 saturated heterocycles. The number of hydrogen-bond acceptors (Lipinski definition) is 1. The van der Waals surface area contributed by atoms with E-state index in [4.69, 9.17) is 4.42 Å². The van der Waals surface area contributed by atoms with E-state index in [9.17, 15) is 0 Å². The predicted molar refractivity (Wildman–Crippen MR) is 87.9 cm³/mol. The number of nitrogens with zero attached hydrogens (tertiary/aromatic N) is 1. The first-order chi connectivity index (χ1) is 10.8. The molecule has 0 fully saturated rings. The SMILES string of the molecule is Cc1cccc2c1oc1c3c(ccc12)C(C)[n+]1ccccc1-3. The maximum absolute atomic E-state index is 6.32. The van der Waals surface area contributed by atoms with Gasteiger partial charge in [0.2, 0.25) is 5.69 Å². The fourth-order valence-electron chi connectivity index (χ4n) is 3.79. The Morgan fingerprint density at radius 2 is 1.77 bits per heavy atom. The summed E-state index contributed by atoms with van der Waals surface area (Å²) in [4.78, 5) is 0. The van der Waals surface area contributed by atoms with Crippen LogP contribution in [-0.2, 0) is 0 Å². The molecule has 0 bridgehead atoms. The van der Waals surface area contributed by atoms with E-state index in [-0.39, 0.29) is 0 Å². The average molecular weight is 286 g/mol. The van der Waals surface area contributed by atoms with Gasteiger partial charge in [-0.25, -0.2) is 0 Å². The summed E-state index contributed by atoms with van der Waals surface area (Å²) in [5, 5.41) is 2.42. The van der Waals surface area contributed by atoms with Crippen LogP contribution in [0.4, 0.5) is 0 Å². The van der Waals surface area contributed by atoms with Crippen molar-refractivity contribution < 1.29 is 8.98 Å². The van der Waals surface area contributed by atoms with Crippen LogP contribution in [0.2, 0.25) is 0 Å². The Labute approximate surface area is 128 Å². The molecule has 1 aliphatic heterocycles. The molecule has 5 rings (SSSR count). The molecule has 0 saturated carbocycles. The van der Waals surface area contributed by atoms with E-state index in [1.807, 2.05) is 0 Å². The maximum Gasteiger partial charge on any atom is 0.217 e. The number of fused-ring (bicyclic) bond motifs is 7. The number of aromatic nitrogens is 1. The van der Waals surface area contributed by atoms with E-state index in [1.54, 1.807) is 0 Å². The van der Waals surface area contributed by atoms with Crippen molar-refractivity contribution in [3.63, 3.8) is 0 Å². The molecule has 0 N–H and O–H groups in total. The molecule has 2 heteroatoms. The lowest BCUT2D eigenvalue weighted by molar-refractivity contribution is -0.694. The van der Waals surface area contributed by atoms with Crippen LogP contribution in [0.5, 0.6) is 0 Å². The lowest BCUT2D eigenvalue weighted by atomic mass is 10.00. The molecular formula is C20H16NO+. The zero-order chi connectivity index (χ0) is 14.8. The van der Waals surface area contributed by atoms with E-state index in [0.29, 0.717) is 6.04 Å². The average Bonchev–Trinajstić information content (AvgIpc) is 3.06. The second kappa shape index (κ2) is 3.98. The number of aryl methyl sites for hydroxylation is 1. The van der Waals surface area contributed by atoms with E-state index in [0.717, 1.165) is 11.2 Å². The van der Waals surface area contributed by atoms with Gasteiger partial charge in [0.05, 0.1) is 5.56 Å². The Balaban J connectivity index is 2.00. The number of pyridine rings is 1. The Bertz CT molecular complexity index is 1060. The first-order valence-electron chi connectivity index (χ1n) is 7.71. The lowest BCUT2D eigenvalue weighted by Gasteiger charge is -1.99. The minimum Gasteiger partial charge on any atom is -0.455 e. The minimum atomic E-state index is 0.352. The quantitative estimate of drug-likeness (QED) is 0.425. The summed E-state index contributed by atoms with van der Waals surface area (Å²) in [6.07, 6.45) is 2.15. The fourth-order valence-corrected chi connectivity index (χ4v) is 3.79. The summed E-state index contributed by atoms with van der Waals surface area (Å²) >= 11 is 0. The normalized spacial score (nSPS) is 16.2. The first-order valence-corrected chi connectivity index (χ1v) is 7.71. The number of rotatable bonds is 0. The van der Waals surface area contributed by atoms with Crippen molar-refractivity contribution in [2.75, 3.05) is 0 Å². The van der Waals surface area contributed by atoms with Crippen molar-refractivity contribution in [2.24, 2.45) is 0 Å². The molecule has 3 heterocycles. The zero-order valence-electron chi connectivity index (χ0n) is 12.6. The lowest BCUT2D eigenvalue weighted by Crippen LogP contribution is -2.35. The standard InChI is InChI=1S/C20H16NO/c1-12-6-5-7-15-16-10-9-14-13(2)21-11-4-3-8-17(21)18(14)20(16)22-19(12)15/h3-11,13H,1-2H3/q+1. The highest BCUT2D eigenvalue weighted by molar-refractivity contribution is 6.10. The number of furan rings is 1. The van der Waals surface area contributed by atoms with Gasteiger partial charge in [0.15, 0.2) is 12.2 Å². The van der Waals surface area contributed by atoms with Gasteiger partial charge >= 0.3 is 0 Å². The molecule has 22 heavy (non-hydrogen) atoms. The van der Waals surface area contributed by atoms with Gasteiger partial charge < -0.3 is 4.42 Å². The second-order valence-corrected chi connectivity index (χ2v) is 6.13. The van der Waals surface area contributed by atoms with Gasteiger partial charge in [-0.15, -0.1) is 0 Å². The molecule has 0 spiro atoms. The summed E-state index contributed by atoms with van der Waals surface area (Å²) in [6, 6.07) is 17.5. The number of para-hydroxylation sites is 1. The molecule has 1 unspecified atom stereocenters. The molecule has 4 aromatic rings. The van der Waals surface area contributed by atoms with Gasteiger partial charge in [-0.3, -0.25) is 0 Å². The van der Waals surface area contributed by atoms with E-state index >= 15 is 0 Å². The highest BCUT2D eigenvalue weighted by Gasteiger charge is 2.35. The molecule has 0 amide bonds. The van der Waals surface area contributed by atoms with Crippen molar-refractivity contribution >= 4 is 21.9 Å². The van der Waals surface area contributed by atoms with Crippen molar-refractivity contribution in [1.29, 1.82) is 0 Å². The summed E-state index contributed by atoms with van der Waals surface area (Å²) in [7, 11) is 0. The molecule has 106 valence electrons. The molecule has 2 aromatic heterocycles. The Hall–Kier alpha value is -2.61. The number of hydrogen-bond donors (Lipinski definition) is 0. The van der Waals surface area contributed by atoms with Crippen molar-refractivity contribution in [3.05, 3.63) is 65.9 Å². The monoisotopic (exact) mass is 286 g/mol. The highest BCUT2D eigenvalue weighted by Crippen LogP contribution is 2.42. The summed E-state index contributed by atoms with van der Waals surface area (Å²) in [5.74, 6) is 0. The van der Waals surface area contributed by atoms with Crippen LogP contribution in [0.3, 0.4) is 0 Å². The van der Waals surface area contributed by atoms with Gasteiger partial charge in [-0.05, 0) is 24.6 Å². The number of benzene rings is 2. The molecule has 2 nitrogen and oxygen atoms in total. The van der Waals surface area contributed by atoms with E-state index < -0.39 is 0 Å². The van der Waals surface area contributed by atoms with Gasteiger partial charge in [0.1, 0.15) is 11.2 Å². The Morgan fingerprint density at radius 3 is 2.68 bits per heavy atom. The molecule has 1 atom stereocenters. The van der Waals surface area contributed by atoms with Gasteiger partial charge in [0, 0.05) is 35.4 Å². The second-order valence-electron chi connectivity index (χ2n) is 6.13. The molecule has 0 radical (unpaired) electrons. The fraction of sp³-hybridized carbons (Fsp3) is 0.150.